The van der Waals surface area contributed by atoms with Crippen LogP contribution in [0.5, 0.6) is 23.0 Å². The summed E-state index contributed by atoms with van der Waals surface area (Å²) < 4.78 is 21.6. The van der Waals surface area contributed by atoms with Crippen LogP contribution in [0.2, 0.25) is 0 Å². The predicted octanol–water partition coefficient (Wildman–Crippen LogP) is 3.36. The van der Waals surface area contributed by atoms with Crippen molar-refractivity contribution in [1.82, 2.24) is 4.98 Å². The molecule has 110 valence electrons. The molecule has 0 radical (unpaired) electrons. The molecule has 0 spiro atoms. The van der Waals surface area contributed by atoms with Gasteiger partial charge in [0.2, 0.25) is 0 Å². The average molecular weight is 287 g/mol. The van der Waals surface area contributed by atoms with Crippen LogP contribution in [0, 0.1) is 0 Å². The maximum atomic E-state index is 5.48. The van der Waals surface area contributed by atoms with Crippen LogP contribution < -0.4 is 18.9 Å². The Labute approximate surface area is 122 Å². The molecule has 21 heavy (non-hydrogen) atoms. The van der Waals surface area contributed by atoms with E-state index in [0.29, 0.717) is 11.5 Å². The van der Waals surface area contributed by atoms with Gasteiger partial charge in [0.15, 0.2) is 11.5 Å². The third-order valence-corrected chi connectivity index (χ3v) is 3.62. The fourth-order valence-electron chi connectivity index (χ4n) is 2.61. The zero-order valence-corrected chi connectivity index (χ0v) is 12.4. The maximum absolute atomic E-state index is 5.48. The third kappa shape index (κ3) is 1.93. The van der Waals surface area contributed by atoms with Gasteiger partial charge in [-0.15, -0.1) is 0 Å². The van der Waals surface area contributed by atoms with Gasteiger partial charge in [0.1, 0.15) is 11.5 Å². The SMILES string of the molecule is COc1cc(OC)c2[nH]c3c(OC)c(OC)ccc3c2c1. The summed E-state index contributed by atoms with van der Waals surface area (Å²) in [7, 11) is 6.52. The van der Waals surface area contributed by atoms with E-state index in [1.54, 1.807) is 28.4 Å². The molecule has 2 aromatic carbocycles. The van der Waals surface area contributed by atoms with E-state index in [-0.39, 0.29) is 0 Å². The number of benzene rings is 2. The molecule has 5 heteroatoms. The molecule has 0 fully saturated rings. The summed E-state index contributed by atoms with van der Waals surface area (Å²) in [5, 5.41) is 2.04. The Bertz CT molecular complexity index is 807. The predicted molar refractivity (Wildman–Crippen MR) is 82.0 cm³/mol. The van der Waals surface area contributed by atoms with Gasteiger partial charge in [-0.3, -0.25) is 0 Å². The van der Waals surface area contributed by atoms with Gasteiger partial charge in [-0.05, 0) is 18.2 Å². The second-order valence-corrected chi connectivity index (χ2v) is 4.60. The largest absolute Gasteiger partial charge is 0.497 e. The first-order valence-electron chi connectivity index (χ1n) is 6.51. The number of methoxy groups -OCH3 is 4. The molecule has 0 amide bonds. The molecule has 3 rings (SSSR count). The third-order valence-electron chi connectivity index (χ3n) is 3.62. The van der Waals surface area contributed by atoms with Crippen LogP contribution in [-0.4, -0.2) is 33.4 Å². The molecule has 3 aromatic rings. The molecule has 0 saturated heterocycles. The fraction of sp³-hybridized carbons (Fsp3) is 0.250. The number of hydrogen-bond donors (Lipinski definition) is 1. The molecule has 1 heterocycles. The lowest BCUT2D eigenvalue weighted by atomic mass is 10.1. The standard InChI is InChI=1S/C16H17NO4/c1-18-9-7-11-10-5-6-12(19-2)16(21-4)15(10)17-14(11)13(8-9)20-3/h5-8,17H,1-4H3. The lowest BCUT2D eigenvalue weighted by Gasteiger charge is -2.07. The topological polar surface area (TPSA) is 52.7 Å². The van der Waals surface area contributed by atoms with Crippen molar-refractivity contribution in [3.8, 4) is 23.0 Å². The van der Waals surface area contributed by atoms with Crippen molar-refractivity contribution in [2.45, 2.75) is 0 Å². The van der Waals surface area contributed by atoms with Crippen LogP contribution in [-0.2, 0) is 0 Å². The molecule has 5 nitrogen and oxygen atoms in total. The van der Waals surface area contributed by atoms with Crippen molar-refractivity contribution in [3.63, 3.8) is 0 Å². The summed E-state index contributed by atoms with van der Waals surface area (Å²) >= 11 is 0. The van der Waals surface area contributed by atoms with Gasteiger partial charge in [-0.1, -0.05) is 0 Å². The molecule has 0 saturated carbocycles. The van der Waals surface area contributed by atoms with E-state index in [1.807, 2.05) is 24.3 Å². The Morgan fingerprint density at radius 1 is 0.714 bits per heavy atom. The number of rotatable bonds is 4. The molecule has 0 unspecified atom stereocenters. The maximum Gasteiger partial charge on any atom is 0.184 e. The van der Waals surface area contributed by atoms with Gasteiger partial charge >= 0.3 is 0 Å². The Morgan fingerprint density at radius 3 is 2.10 bits per heavy atom. The number of H-pyrrole nitrogens is 1. The van der Waals surface area contributed by atoms with Crippen molar-refractivity contribution in [3.05, 3.63) is 24.3 Å². The number of nitrogens with one attached hydrogen (secondary N) is 1. The monoisotopic (exact) mass is 287 g/mol. The molecular formula is C16H17NO4. The highest BCUT2D eigenvalue weighted by Crippen LogP contribution is 2.41. The van der Waals surface area contributed by atoms with Crippen molar-refractivity contribution < 1.29 is 18.9 Å². The number of aromatic nitrogens is 1. The fourth-order valence-corrected chi connectivity index (χ4v) is 2.61. The van der Waals surface area contributed by atoms with Gasteiger partial charge in [0, 0.05) is 16.8 Å². The highest BCUT2D eigenvalue weighted by molar-refractivity contribution is 6.12. The van der Waals surface area contributed by atoms with E-state index in [0.717, 1.165) is 33.3 Å². The van der Waals surface area contributed by atoms with E-state index < -0.39 is 0 Å². The smallest absolute Gasteiger partial charge is 0.184 e. The molecule has 0 aliphatic heterocycles. The van der Waals surface area contributed by atoms with Crippen molar-refractivity contribution in [2.75, 3.05) is 28.4 Å². The van der Waals surface area contributed by atoms with Gasteiger partial charge in [0.25, 0.3) is 0 Å². The molecule has 0 atom stereocenters. The summed E-state index contributed by atoms with van der Waals surface area (Å²) in [6, 6.07) is 7.71. The van der Waals surface area contributed by atoms with E-state index >= 15 is 0 Å². The normalized spacial score (nSPS) is 10.9. The number of ether oxygens (including phenoxy) is 4. The summed E-state index contributed by atoms with van der Waals surface area (Å²) in [6.07, 6.45) is 0. The lowest BCUT2D eigenvalue weighted by Crippen LogP contribution is -1.90. The van der Waals surface area contributed by atoms with Crippen molar-refractivity contribution in [1.29, 1.82) is 0 Å². The average Bonchev–Trinajstić information content (AvgIpc) is 2.91. The quantitative estimate of drug-likeness (QED) is 0.799. The summed E-state index contributed by atoms with van der Waals surface area (Å²) in [5.74, 6) is 2.83. The Balaban J connectivity index is 2.44. The molecule has 0 aliphatic rings. The molecule has 0 aliphatic carbocycles. The lowest BCUT2D eigenvalue weighted by molar-refractivity contribution is 0.358. The first-order chi connectivity index (χ1) is 10.2. The summed E-state index contributed by atoms with van der Waals surface area (Å²) in [6.45, 7) is 0. The number of hydrogen-bond acceptors (Lipinski definition) is 4. The van der Waals surface area contributed by atoms with E-state index in [9.17, 15) is 0 Å². The zero-order chi connectivity index (χ0) is 15.0. The minimum Gasteiger partial charge on any atom is -0.497 e. The van der Waals surface area contributed by atoms with Gasteiger partial charge in [0.05, 0.1) is 39.5 Å². The van der Waals surface area contributed by atoms with Gasteiger partial charge < -0.3 is 23.9 Å². The van der Waals surface area contributed by atoms with E-state index in [1.165, 1.54) is 0 Å². The zero-order valence-electron chi connectivity index (χ0n) is 12.4. The van der Waals surface area contributed by atoms with Crippen LogP contribution in [0.3, 0.4) is 0 Å². The van der Waals surface area contributed by atoms with Crippen LogP contribution >= 0.6 is 0 Å². The number of fused-ring (bicyclic) bond motifs is 3. The van der Waals surface area contributed by atoms with Crippen LogP contribution in [0.4, 0.5) is 0 Å². The van der Waals surface area contributed by atoms with Crippen LogP contribution in [0.1, 0.15) is 0 Å². The van der Waals surface area contributed by atoms with E-state index in [4.69, 9.17) is 18.9 Å². The highest BCUT2D eigenvalue weighted by Gasteiger charge is 2.16. The Hall–Kier alpha value is -2.56. The molecule has 1 aromatic heterocycles. The summed E-state index contributed by atoms with van der Waals surface area (Å²) in [4.78, 5) is 3.36. The van der Waals surface area contributed by atoms with Crippen molar-refractivity contribution >= 4 is 21.8 Å². The number of aromatic amines is 1. The van der Waals surface area contributed by atoms with Gasteiger partial charge in [-0.2, -0.15) is 0 Å². The van der Waals surface area contributed by atoms with E-state index in [2.05, 4.69) is 4.98 Å². The first-order valence-corrected chi connectivity index (χ1v) is 6.51. The van der Waals surface area contributed by atoms with Crippen molar-refractivity contribution in [2.24, 2.45) is 0 Å². The molecular weight excluding hydrogens is 270 g/mol. The van der Waals surface area contributed by atoms with Crippen LogP contribution in [0.15, 0.2) is 24.3 Å². The Morgan fingerprint density at radius 2 is 1.48 bits per heavy atom. The summed E-state index contributed by atoms with van der Waals surface area (Å²) in [5.41, 5.74) is 1.78. The highest BCUT2D eigenvalue weighted by atomic mass is 16.5. The second-order valence-electron chi connectivity index (χ2n) is 4.60. The first kappa shape index (κ1) is 13.4. The Kier molecular flexibility index (Phi) is 3.25. The molecule has 0 bridgehead atoms. The molecule has 1 N–H and O–H groups in total. The minimum absolute atomic E-state index is 0.673. The van der Waals surface area contributed by atoms with Gasteiger partial charge in [-0.25, -0.2) is 0 Å². The second kappa shape index (κ2) is 5.09. The minimum atomic E-state index is 0.673. The van der Waals surface area contributed by atoms with Crippen LogP contribution in [0.25, 0.3) is 21.8 Å².